The van der Waals surface area contributed by atoms with Gasteiger partial charge in [-0.2, -0.15) is 0 Å². The average Bonchev–Trinajstić information content (AvgIpc) is 2.66. The van der Waals surface area contributed by atoms with Crippen molar-refractivity contribution in [2.24, 2.45) is 23.7 Å². The molecule has 1 fully saturated rings. The van der Waals surface area contributed by atoms with Crippen molar-refractivity contribution in [2.45, 2.75) is 84.0 Å². The second-order valence-electron chi connectivity index (χ2n) is 8.76. The maximum Gasteiger partial charge on any atom is 0.308 e. The van der Waals surface area contributed by atoms with E-state index in [1.165, 1.54) is 5.57 Å². The Morgan fingerprint density at radius 3 is 2.89 bits per heavy atom. The maximum atomic E-state index is 12.4. The highest BCUT2D eigenvalue weighted by Gasteiger charge is 2.40. The van der Waals surface area contributed by atoms with Gasteiger partial charge in [0.25, 0.3) is 0 Å². The SMILES string of the molecule is CC[C@@H](C)C(=O)O[C@H]1CCC=C2C=C[C@H](C)[C@@H](CC[C@H]3C[C@@H](O)CC(=O)O3)[C@H]21. The van der Waals surface area contributed by atoms with E-state index in [4.69, 9.17) is 9.47 Å². The Labute approximate surface area is 168 Å². The number of hydrogen-bond donors (Lipinski definition) is 1. The number of hydrogen-bond acceptors (Lipinski definition) is 5. The number of carbonyl (C=O) groups is 2. The lowest BCUT2D eigenvalue weighted by molar-refractivity contribution is -0.162. The molecule has 0 aromatic carbocycles. The lowest BCUT2D eigenvalue weighted by atomic mass is 9.66. The van der Waals surface area contributed by atoms with Crippen LogP contribution in [-0.2, 0) is 19.1 Å². The highest BCUT2D eigenvalue weighted by molar-refractivity contribution is 5.72. The van der Waals surface area contributed by atoms with Gasteiger partial charge in [-0.05, 0) is 49.5 Å². The highest BCUT2D eigenvalue weighted by atomic mass is 16.5. The summed E-state index contributed by atoms with van der Waals surface area (Å²) in [6.45, 7) is 6.14. The Morgan fingerprint density at radius 2 is 2.18 bits per heavy atom. The van der Waals surface area contributed by atoms with E-state index in [1.807, 2.05) is 13.8 Å². The molecule has 156 valence electrons. The first kappa shape index (κ1) is 21.1. The summed E-state index contributed by atoms with van der Waals surface area (Å²) in [6.07, 6.45) is 10.6. The standard InChI is InChI=1S/C23H34O5/c1-4-14(2)23(26)28-20-7-5-6-16-9-8-15(3)19(22(16)20)11-10-18-12-17(24)13-21(25)27-18/h6,8-9,14-15,17-20,22,24H,4-5,7,10-13H2,1-3H3/t14-,15+,17-,18+,19-,20+,22+/m1/s1. The Bertz CT molecular complexity index is 637. The summed E-state index contributed by atoms with van der Waals surface area (Å²) in [4.78, 5) is 24.1. The summed E-state index contributed by atoms with van der Waals surface area (Å²) in [5, 5.41) is 9.86. The van der Waals surface area contributed by atoms with E-state index in [9.17, 15) is 14.7 Å². The molecule has 5 nitrogen and oxygen atoms in total. The van der Waals surface area contributed by atoms with Gasteiger partial charge in [0.1, 0.15) is 12.2 Å². The van der Waals surface area contributed by atoms with E-state index >= 15 is 0 Å². The van der Waals surface area contributed by atoms with Crippen LogP contribution in [0.1, 0.15) is 65.7 Å². The van der Waals surface area contributed by atoms with Crippen LogP contribution in [-0.4, -0.2) is 35.4 Å². The molecule has 0 aromatic rings. The van der Waals surface area contributed by atoms with Gasteiger partial charge < -0.3 is 14.6 Å². The van der Waals surface area contributed by atoms with Gasteiger partial charge in [0.2, 0.25) is 0 Å². The van der Waals surface area contributed by atoms with Crippen LogP contribution in [0.15, 0.2) is 23.8 Å². The van der Waals surface area contributed by atoms with E-state index in [2.05, 4.69) is 25.2 Å². The van der Waals surface area contributed by atoms with E-state index in [-0.39, 0.29) is 42.4 Å². The molecule has 0 radical (unpaired) electrons. The van der Waals surface area contributed by atoms with Gasteiger partial charge in [-0.15, -0.1) is 0 Å². The largest absolute Gasteiger partial charge is 0.462 e. The first-order valence-corrected chi connectivity index (χ1v) is 10.8. The third-order valence-corrected chi connectivity index (χ3v) is 6.69. The second kappa shape index (κ2) is 9.25. The van der Waals surface area contributed by atoms with Crippen LogP contribution in [0.5, 0.6) is 0 Å². The number of fused-ring (bicyclic) bond motifs is 1. The molecule has 0 saturated carbocycles. The Morgan fingerprint density at radius 1 is 1.39 bits per heavy atom. The fraction of sp³-hybridized carbons (Fsp3) is 0.739. The zero-order valence-electron chi connectivity index (χ0n) is 17.3. The fourth-order valence-electron chi connectivity index (χ4n) is 4.80. The van der Waals surface area contributed by atoms with Crippen LogP contribution in [0.2, 0.25) is 0 Å². The van der Waals surface area contributed by atoms with Gasteiger partial charge in [0.05, 0.1) is 18.4 Å². The van der Waals surface area contributed by atoms with Crippen molar-refractivity contribution in [1.29, 1.82) is 0 Å². The minimum absolute atomic E-state index is 0.0764. The van der Waals surface area contributed by atoms with Gasteiger partial charge in [-0.25, -0.2) is 0 Å². The van der Waals surface area contributed by atoms with Crippen molar-refractivity contribution in [3.63, 3.8) is 0 Å². The molecule has 3 rings (SSSR count). The molecule has 0 bridgehead atoms. The molecule has 0 spiro atoms. The first-order chi connectivity index (χ1) is 13.4. The molecule has 0 aromatic heterocycles. The maximum absolute atomic E-state index is 12.4. The zero-order chi connectivity index (χ0) is 20.3. The molecule has 1 saturated heterocycles. The van der Waals surface area contributed by atoms with Crippen LogP contribution in [0.4, 0.5) is 0 Å². The lowest BCUT2D eigenvalue weighted by Gasteiger charge is -2.42. The molecule has 0 unspecified atom stereocenters. The Hall–Kier alpha value is -1.62. The van der Waals surface area contributed by atoms with E-state index in [0.29, 0.717) is 18.3 Å². The molecule has 1 N–H and O–H groups in total. The van der Waals surface area contributed by atoms with Gasteiger partial charge >= 0.3 is 11.9 Å². The monoisotopic (exact) mass is 390 g/mol. The van der Waals surface area contributed by atoms with Crippen molar-refractivity contribution < 1.29 is 24.2 Å². The number of cyclic esters (lactones) is 1. The summed E-state index contributed by atoms with van der Waals surface area (Å²) < 4.78 is 11.4. The first-order valence-electron chi connectivity index (χ1n) is 10.8. The molecule has 5 heteroatoms. The summed E-state index contributed by atoms with van der Waals surface area (Å²) in [6, 6.07) is 0. The molecule has 3 aliphatic rings. The molecule has 7 atom stereocenters. The lowest BCUT2D eigenvalue weighted by Crippen LogP contribution is -2.40. The molecule has 0 amide bonds. The number of esters is 2. The molecular weight excluding hydrogens is 356 g/mol. The van der Waals surface area contributed by atoms with Crippen LogP contribution in [0.25, 0.3) is 0 Å². The topological polar surface area (TPSA) is 72.8 Å². The minimum atomic E-state index is -0.593. The van der Waals surface area contributed by atoms with E-state index in [1.54, 1.807) is 0 Å². The second-order valence-corrected chi connectivity index (χ2v) is 8.76. The molecule has 1 heterocycles. The summed E-state index contributed by atoms with van der Waals surface area (Å²) in [5.41, 5.74) is 1.27. The summed E-state index contributed by atoms with van der Waals surface area (Å²) in [5.74, 6) is 0.426. The number of rotatable bonds is 6. The number of ether oxygens (including phenoxy) is 2. The highest BCUT2D eigenvalue weighted by Crippen LogP contribution is 2.44. The predicted molar refractivity (Wildman–Crippen MR) is 106 cm³/mol. The third kappa shape index (κ3) is 4.86. The average molecular weight is 391 g/mol. The van der Waals surface area contributed by atoms with E-state index < -0.39 is 6.10 Å². The van der Waals surface area contributed by atoms with Gasteiger partial charge in [0, 0.05) is 12.3 Å². The molecule has 2 aliphatic carbocycles. The van der Waals surface area contributed by atoms with Crippen molar-refractivity contribution in [1.82, 2.24) is 0 Å². The van der Waals surface area contributed by atoms with Gasteiger partial charge in [-0.3, -0.25) is 9.59 Å². The van der Waals surface area contributed by atoms with Gasteiger partial charge in [-0.1, -0.05) is 39.0 Å². The van der Waals surface area contributed by atoms with Crippen LogP contribution in [0.3, 0.4) is 0 Å². The number of carbonyl (C=O) groups excluding carboxylic acids is 2. The molecular formula is C23H34O5. The smallest absolute Gasteiger partial charge is 0.308 e. The number of aliphatic hydroxyl groups is 1. The Kier molecular flexibility index (Phi) is 6.97. The van der Waals surface area contributed by atoms with Gasteiger partial charge in [0.15, 0.2) is 0 Å². The normalized spacial score (nSPS) is 36.1. The zero-order valence-corrected chi connectivity index (χ0v) is 17.3. The molecule has 1 aliphatic heterocycles. The fourth-order valence-corrected chi connectivity index (χ4v) is 4.80. The minimum Gasteiger partial charge on any atom is -0.462 e. The predicted octanol–water partition coefficient (Wildman–Crippen LogP) is 3.95. The van der Waals surface area contributed by atoms with Crippen molar-refractivity contribution in [3.8, 4) is 0 Å². The van der Waals surface area contributed by atoms with E-state index in [0.717, 1.165) is 32.1 Å². The van der Waals surface area contributed by atoms with Crippen molar-refractivity contribution in [2.75, 3.05) is 0 Å². The molecule has 28 heavy (non-hydrogen) atoms. The number of allylic oxidation sites excluding steroid dienone is 3. The van der Waals surface area contributed by atoms with Crippen molar-refractivity contribution in [3.05, 3.63) is 23.8 Å². The quantitative estimate of drug-likeness (QED) is 0.695. The third-order valence-electron chi connectivity index (χ3n) is 6.69. The number of aliphatic hydroxyl groups excluding tert-OH is 1. The summed E-state index contributed by atoms with van der Waals surface area (Å²) in [7, 11) is 0. The Balaban J connectivity index is 1.70. The van der Waals surface area contributed by atoms with Crippen LogP contribution in [0, 0.1) is 23.7 Å². The van der Waals surface area contributed by atoms with Crippen molar-refractivity contribution >= 4 is 11.9 Å². The summed E-state index contributed by atoms with van der Waals surface area (Å²) >= 11 is 0. The van der Waals surface area contributed by atoms with Crippen LogP contribution >= 0.6 is 0 Å². The van der Waals surface area contributed by atoms with Crippen LogP contribution < -0.4 is 0 Å².